The Hall–Kier alpha value is -0.440. The third-order valence-corrected chi connectivity index (χ3v) is 2.53. The van der Waals surface area contributed by atoms with E-state index in [4.69, 9.17) is 0 Å². The van der Waals surface area contributed by atoms with Gasteiger partial charge in [0.05, 0.1) is 4.88 Å². The highest BCUT2D eigenvalue weighted by Gasteiger charge is 2.36. The topological polar surface area (TPSA) is 0 Å². The molecule has 0 saturated carbocycles. The summed E-state index contributed by atoms with van der Waals surface area (Å²) in [6.07, 6.45) is 0. The number of alkyl halides is 2. The lowest BCUT2D eigenvalue weighted by atomic mass is 10.1. The molecule has 1 rings (SSSR count). The van der Waals surface area contributed by atoms with Crippen LogP contribution in [0.2, 0.25) is 0 Å². The molecule has 1 aromatic rings. The van der Waals surface area contributed by atoms with Crippen LogP contribution in [0, 0.1) is 5.92 Å². The number of hydrogen-bond acceptors (Lipinski definition) is 1. The molecule has 11 heavy (non-hydrogen) atoms. The highest BCUT2D eigenvalue weighted by Crippen LogP contribution is 2.37. The third kappa shape index (κ3) is 1.59. The van der Waals surface area contributed by atoms with E-state index in [1.807, 2.05) is 0 Å². The standard InChI is InChI=1S/C8H10F2S/c1-6(2)8(9,10)7-4-3-5-11-7/h3-6H,1-2H3. The van der Waals surface area contributed by atoms with Gasteiger partial charge < -0.3 is 0 Å². The van der Waals surface area contributed by atoms with Crippen LogP contribution in [0.4, 0.5) is 8.78 Å². The predicted octanol–water partition coefficient (Wildman–Crippen LogP) is 3.50. The molecule has 0 atom stereocenters. The molecule has 0 bridgehead atoms. The maximum Gasteiger partial charge on any atom is 0.284 e. The fourth-order valence-electron chi connectivity index (χ4n) is 0.753. The van der Waals surface area contributed by atoms with Crippen molar-refractivity contribution >= 4 is 11.3 Å². The quantitative estimate of drug-likeness (QED) is 0.647. The molecule has 0 nitrogen and oxygen atoms in total. The Labute approximate surface area is 68.9 Å². The molecule has 0 N–H and O–H groups in total. The van der Waals surface area contributed by atoms with Crippen molar-refractivity contribution in [2.24, 2.45) is 5.92 Å². The Kier molecular flexibility index (Phi) is 2.28. The summed E-state index contributed by atoms with van der Waals surface area (Å²) in [5, 5.41) is 1.67. The van der Waals surface area contributed by atoms with Crippen LogP contribution < -0.4 is 0 Å². The average Bonchev–Trinajstić information content (AvgIpc) is 2.37. The third-order valence-electron chi connectivity index (χ3n) is 1.57. The summed E-state index contributed by atoms with van der Waals surface area (Å²) in [5.41, 5.74) is 0. The van der Waals surface area contributed by atoms with E-state index in [-0.39, 0.29) is 4.88 Å². The number of halogens is 2. The normalized spacial score (nSPS) is 12.5. The van der Waals surface area contributed by atoms with Crippen molar-refractivity contribution in [1.29, 1.82) is 0 Å². The molecule has 0 aromatic carbocycles. The first-order valence-corrected chi connectivity index (χ1v) is 4.35. The van der Waals surface area contributed by atoms with Crippen molar-refractivity contribution < 1.29 is 8.78 Å². The summed E-state index contributed by atoms with van der Waals surface area (Å²) < 4.78 is 26.2. The van der Waals surface area contributed by atoms with Crippen LogP contribution in [-0.2, 0) is 5.92 Å². The number of rotatable bonds is 2. The second-order valence-corrected chi connectivity index (χ2v) is 3.70. The molecule has 0 amide bonds. The van der Waals surface area contributed by atoms with E-state index in [9.17, 15) is 8.78 Å². The van der Waals surface area contributed by atoms with Crippen LogP contribution in [-0.4, -0.2) is 0 Å². The van der Waals surface area contributed by atoms with Crippen molar-refractivity contribution in [3.8, 4) is 0 Å². The van der Waals surface area contributed by atoms with E-state index in [0.717, 1.165) is 11.3 Å². The van der Waals surface area contributed by atoms with Crippen molar-refractivity contribution in [2.45, 2.75) is 19.8 Å². The molecule has 62 valence electrons. The van der Waals surface area contributed by atoms with Gasteiger partial charge in [-0.05, 0) is 11.4 Å². The van der Waals surface area contributed by atoms with E-state index in [1.54, 1.807) is 11.4 Å². The Bertz CT molecular complexity index is 214. The van der Waals surface area contributed by atoms with Gasteiger partial charge in [0.15, 0.2) is 0 Å². The molecule has 0 aliphatic carbocycles. The molecule has 1 aromatic heterocycles. The van der Waals surface area contributed by atoms with Crippen molar-refractivity contribution in [2.75, 3.05) is 0 Å². The zero-order chi connectivity index (χ0) is 8.48. The smallest absolute Gasteiger partial charge is 0.200 e. The average molecular weight is 176 g/mol. The predicted molar refractivity (Wildman–Crippen MR) is 43.1 cm³/mol. The van der Waals surface area contributed by atoms with Crippen LogP contribution in [0.3, 0.4) is 0 Å². The van der Waals surface area contributed by atoms with E-state index in [2.05, 4.69) is 0 Å². The molecule has 0 saturated heterocycles. The Balaban J connectivity index is 2.90. The van der Waals surface area contributed by atoms with Crippen molar-refractivity contribution in [3.63, 3.8) is 0 Å². The summed E-state index contributed by atoms with van der Waals surface area (Å²) in [4.78, 5) is 0.160. The first-order chi connectivity index (χ1) is 5.05. The van der Waals surface area contributed by atoms with Gasteiger partial charge in [-0.3, -0.25) is 0 Å². The highest BCUT2D eigenvalue weighted by atomic mass is 32.1. The molecule has 0 aliphatic rings. The van der Waals surface area contributed by atoms with E-state index >= 15 is 0 Å². The SMILES string of the molecule is CC(C)C(F)(F)c1cccs1. The number of hydrogen-bond donors (Lipinski definition) is 0. The Morgan fingerprint density at radius 2 is 2.09 bits per heavy atom. The van der Waals surface area contributed by atoms with Crippen LogP contribution in [0.15, 0.2) is 17.5 Å². The first kappa shape index (κ1) is 8.65. The number of thiophene rings is 1. The zero-order valence-corrected chi connectivity index (χ0v) is 7.29. The fourth-order valence-corrected chi connectivity index (χ4v) is 1.61. The lowest BCUT2D eigenvalue weighted by molar-refractivity contribution is -0.0477. The lowest BCUT2D eigenvalue weighted by Crippen LogP contribution is -2.19. The molecule has 1 heterocycles. The minimum absolute atomic E-state index is 0.160. The monoisotopic (exact) mass is 176 g/mol. The molecular formula is C8H10F2S. The minimum atomic E-state index is -2.66. The highest BCUT2D eigenvalue weighted by molar-refractivity contribution is 7.10. The molecular weight excluding hydrogens is 166 g/mol. The van der Waals surface area contributed by atoms with Crippen LogP contribution in [0.25, 0.3) is 0 Å². The molecule has 0 radical (unpaired) electrons. The molecule has 0 spiro atoms. The maximum absolute atomic E-state index is 13.1. The zero-order valence-electron chi connectivity index (χ0n) is 6.47. The van der Waals surface area contributed by atoms with Gasteiger partial charge >= 0.3 is 0 Å². The van der Waals surface area contributed by atoms with E-state index < -0.39 is 11.8 Å². The lowest BCUT2D eigenvalue weighted by Gasteiger charge is -2.18. The second kappa shape index (κ2) is 2.89. The van der Waals surface area contributed by atoms with Gasteiger partial charge in [-0.25, -0.2) is 8.78 Å². The summed E-state index contributed by atoms with van der Waals surface area (Å²) in [7, 11) is 0. The van der Waals surface area contributed by atoms with Gasteiger partial charge in [0.2, 0.25) is 0 Å². The summed E-state index contributed by atoms with van der Waals surface area (Å²) in [6.45, 7) is 3.06. The van der Waals surface area contributed by atoms with Gasteiger partial charge in [-0.15, -0.1) is 11.3 Å². The van der Waals surface area contributed by atoms with Gasteiger partial charge in [-0.2, -0.15) is 0 Å². The minimum Gasteiger partial charge on any atom is -0.200 e. The van der Waals surface area contributed by atoms with Gasteiger partial charge in [0.25, 0.3) is 5.92 Å². The van der Waals surface area contributed by atoms with Gasteiger partial charge in [0.1, 0.15) is 0 Å². The van der Waals surface area contributed by atoms with Crippen molar-refractivity contribution in [1.82, 2.24) is 0 Å². The van der Waals surface area contributed by atoms with Crippen LogP contribution >= 0.6 is 11.3 Å². The van der Waals surface area contributed by atoms with E-state index in [0.29, 0.717) is 0 Å². The summed E-state index contributed by atoms with van der Waals surface area (Å²) in [6, 6.07) is 3.13. The second-order valence-electron chi connectivity index (χ2n) is 2.75. The Morgan fingerprint density at radius 1 is 1.45 bits per heavy atom. The Morgan fingerprint density at radius 3 is 2.45 bits per heavy atom. The molecule has 0 fully saturated rings. The molecule has 0 unspecified atom stereocenters. The molecule has 3 heteroatoms. The first-order valence-electron chi connectivity index (χ1n) is 3.47. The summed E-state index contributed by atoms with van der Waals surface area (Å²) >= 11 is 1.11. The molecule has 0 aliphatic heterocycles. The van der Waals surface area contributed by atoms with Crippen LogP contribution in [0.5, 0.6) is 0 Å². The fraction of sp³-hybridized carbons (Fsp3) is 0.500. The van der Waals surface area contributed by atoms with Crippen LogP contribution in [0.1, 0.15) is 18.7 Å². The van der Waals surface area contributed by atoms with E-state index in [1.165, 1.54) is 19.9 Å². The van der Waals surface area contributed by atoms with Gasteiger partial charge in [-0.1, -0.05) is 19.9 Å². The maximum atomic E-state index is 13.1. The largest absolute Gasteiger partial charge is 0.284 e. The van der Waals surface area contributed by atoms with Gasteiger partial charge in [0, 0.05) is 5.92 Å². The van der Waals surface area contributed by atoms with Crippen molar-refractivity contribution in [3.05, 3.63) is 22.4 Å². The summed E-state index contributed by atoms with van der Waals surface area (Å²) in [5.74, 6) is -3.28.